The minimum absolute atomic E-state index is 0. The van der Waals surface area contributed by atoms with Crippen molar-refractivity contribution in [2.75, 3.05) is 6.26 Å². The van der Waals surface area contributed by atoms with Crippen molar-refractivity contribution in [3.63, 3.8) is 0 Å². The Hall–Kier alpha value is 1.55. The molecule has 0 heterocycles. The summed E-state index contributed by atoms with van der Waals surface area (Å²) in [5, 5.41) is 4.33. The number of hydrogen-bond acceptors (Lipinski definition) is 2. The summed E-state index contributed by atoms with van der Waals surface area (Å²) in [7, 11) is -3.17. The Labute approximate surface area is 79.8 Å². The van der Waals surface area contributed by atoms with Gasteiger partial charge in [0.1, 0.15) is 0 Å². The summed E-state index contributed by atoms with van der Waals surface area (Å²) in [5.74, 6) is 0. The first-order chi connectivity index (χ1) is 2.00. The summed E-state index contributed by atoms with van der Waals surface area (Å²) in [5.41, 5.74) is 0. The van der Waals surface area contributed by atoms with Gasteiger partial charge >= 0.3 is 0 Å². The molecule has 0 saturated carbocycles. The van der Waals surface area contributed by atoms with E-state index in [-0.39, 0.29) is 51.4 Å². The van der Waals surface area contributed by atoms with Crippen molar-refractivity contribution in [2.24, 2.45) is 5.14 Å². The van der Waals surface area contributed by atoms with Gasteiger partial charge in [-0.25, -0.2) is 13.6 Å². The fourth-order valence-corrected chi connectivity index (χ4v) is 0. The van der Waals surface area contributed by atoms with Gasteiger partial charge in [-0.15, -0.1) is 0 Å². The van der Waals surface area contributed by atoms with Crippen LogP contribution in [0, 0.1) is 0 Å². The van der Waals surface area contributed by atoms with E-state index >= 15 is 0 Å². The van der Waals surface area contributed by atoms with Crippen molar-refractivity contribution in [2.45, 2.75) is 0 Å². The molecule has 0 atom stereocenters. The molecule has 0 saturated heterocycles. The summed E-state index contributed by atoms with van der Waals surface area (Å²) in [6.45, 7) is 0. The number of hydrogen-bond donors (Lipinski definition) is 1. The predicted octanol–water partition coefficient (Wildman–Crippen LogP) is -1.48. The maximum Gasteiger partial charge on any atom is 0.206 e. The van der Waals surface area contributed by atoms with Crippen molar-refractivity contribution in [1.29, 1.82) is 0 Å². The minimum Gasteiger partial charge on any atom is -0.229 e. The molecule has 0 aromatic rings. The predicted molar refractivity (Wildman–Crippen MR) is 24.8 cm³/mol. The molecule has 5 heteroatoms. The van der Waals surface area contributed by atoms with Gasteiger partial charge in [0, 0.05) is 51.4 Å². The standard InChI is InChI=1S/CH5NO2S.K/c1-5(2,3)4;/h1H3,(H2,2,3,4);. The van der Waals surface area contributed by atoms with E-state index in [2.05, 4.69) is 5.14 Å². The van der Waals surface area contributed by atoms with Crippen LogP contribution in [0.2, 0.25) is 0 Å². The zero-order chi connectivity index (χ0) is 4.50. The van der Waals surface area contributed by atoms with E-state index in [9.17, 15) is 8.42 Å². The summed E-state index contributed by atoms with van der Waals surface area (Å²) in [6.07, 6.45) is 0.938. The van der Waals surface area contributed by atoms with Crippen LogP contribution in [-0.4, -0.2) is 66.1 Å². The van der Waals surface area contributed by atoms with Gasteiger partial charge in [-0.1, -0.05) is 0 Å². The third-order valence-electron chi connectivity index (χ3n) is 0. The van der Waals surface area contributed by atoms with Crippen LogP contribution in [0.5, 0.6) is 0 Å². The van der Waals surface area contributed by atoms with Crippen LogP contribution >= 0.6 is 0 Å². The number of rotatable bonds is 0. The van der Waals surface area contributed by atoms with E-state index in [4.69, 9.17) is 0 Å². The SMILES string of the molecule is CS(N)(=O)=O.[K]. The van der Waals surface area contributed by atoms with Crippen LogP contribution in [0.1, 0.15) is 0 Å². The molecule has 2 N–H and O–H groups in total. The van der Waals surface area contributed by atoms with E-state index in [1.54, 1.807) is 0 Å². The molecule has 0 aliphatic heterocycles. The van der Waals surface area contributed by atoms with Gasteiger partial charge in [-0.3, -0.25) is 0 Å². The van der Waals surface area contributed by atoms with Gasteiger partial charge in [-0.2, -0.15) is 0 Å². The second-order valence-electron chi connectivity index (χ2n) is 0.830. The van der Waals surface area contributed by atoms with Gasteiger partial charge in [0.2, 0.25) is 10.0 Å². The maximum absolute atomic E-state index is 9.41. The van der Waals surface area contributed by atoms with E-state index in [0.29, 0.717) is 0 Å². The summed E-state index contributed by atoms with van der Waals surface area (Å²) in [6, 6.07) is 0. The molecule has 3 nitrogen and oxygen atoms in total. The van der Waals surface area contributed by atoms with Gasteiger partial charge < -0.3 is 0 Å². The fourth-order valence-electron chi connectivity index (χ4n) is 0. The molecule has 6 heavy (non-hydrogen) atoms. The van der Waals surface area contributed by atoms with Gasteiger partial charge in [0.15, 0.2) is 0 Å². The van der Waals surface area contributed by atoms with E-state index in [0.717, 1.165) is 6.26 Å². The minimum atomic E-state index is -3.17. The van der Waals surface area contributed by atoms with Crippen LogP contribution in [0.3, 0.4) is 0 Å². The Balaban J connectivity index is 0. The molecule has 0 bridgehead atoms. The van der Waals surface area contributed by atoms with Crippen molar-refractivity contribution in [1.82, 2.24) is 0 Å². The smallest absolute Gasteiger partial charge is 0.206 e. The molecule has 0 aromatic heterocycles. The Morgan fingerprint density at radius 2 is 1.50 bits per heavy atom. The molecule has 33 valence electrons. The van der Waals surface area contributed by atoms with E-state index < -0.39 is 10.0 Å². The molecule has 0 aliphatic rings. The number of primary sulfonamides is 1. The average molecular weight is 134 g/mol. The van der Waals surface area contributed by atoms with E-state index in [1.165, 1.54) is 0 Å². The Morgan fingerprint density at radius 1 is 1.50 bits per heavy atom. The molecule has 0 unspecified atom stereocenters. The summed E-state index contributed by atoms with van der Waals surface area (Å²) in [4.78, 5) is 0. The van der Waals surface area contributed by atoms with Crippen LogP contribution < -0.4 is 5.14 Å². The maximum atomic E-state index is 9.41. The third-order valence-corrected chi connectivity index (χ3v) is 0. The second kappa shape index (κ2) is 3.54. The zero-order valence-electron chi connectivity index (χ0n) is 3.80. The summed E-state index contributed by atoms with van der Waals surface area (Å²) >= 11 is 0. The average Bonchev–Trinajstić information content (AvgIpc) is 0.722. The first kappa shape index (κ1) is 10.5. The van der Waals surface area contributed by atoms with Crippen LogP contribution in [0.4, 0.5) is 0 Å². The third kappa shape index (κ3) is 47.9. The first-order valence-corrected chi connectivity index (χ1v) is 2.93. The van der Waals surface area contributed by atoms with Crippen LogP contribution in [-0.2, 0) is 10.0 Å². The number of sulfonamides is 1. The largest absolute Gasteiger partial charge is 0.229 e. The molecule has 0 rings (SSSR count). The molecule has 1 radical (unpaired) electrons. The second-order valence-corrected chi connectivity index (χ2v) is 2.49. The molecule has 0 fully saturated rings. The van der Waals surface area contributed by atoms with Crippen LogP contribution in [0.15, 0.2) is 0 Å². The van der Waals surface area contributed by atoms with Crippen molar-refractivity contribution in [3.8, 4) is 0 Å². The van der Waals surface area contributed by atoms with Crippen molar-refractivity contribution < 1.29 is 8.42 Å². The van der Waals surface area contributed by atoms with Gasteiger partial charge in [0.05, 0.1) is 6.26 Å². The molecule has 0 aliphatic carbocycles. The summed E-state index contributed by atoms with van der Waals surface area (Å²) < 4.78 is 18.8. The molecular weight excluding hydrogens is 129 g/mol. The monoisotopic (exact) mass is 134 g/mol. The van der Waals surface area contributed by atoms with Gasteiger partial charge in [-0.05, 0) is 0 Å². The van der Waals surface area contributed by atoms with Crippen molar-refractivity contribution >= 4 is 61.4 Å². The number of nitrogens with two attached hydrogens (primary N) is 1. The molecule has 0 aromatic carbocycles. The fraction of sp³-hybridized carbons (Fsp3) is 1.00. The van der Waals surface area contributed by atoms with Crippen LogP contribution in [0.25, 0.3) is 0 Å². The van der Waals surface area contributed by atoms with Gasteiger partial charge in [0.25, 0.3) is 0 Å². The Bertz CT molecular complexity index is 96.7. The Morgan fingerprint density at radius 3 is 1.50 bits per heavy atom. The topological polar surface area (TPSA) is 60.2 Å². The molecule has 0 amide bonds. The first-order valence-electron chi connectivity index (χ1n) is 0.977. The molecular formula is CH5KNO2S. The normalized spacial score (nSPS) is 9.67. The quantitative estimate of drug-likeness (QED) is 0.411. The van der Waals surface area contributed by atoms with E-state index in [1.807, 2.05) is 0 Å². The Kier molecular flexibility index (Phi) is 6.20. The van der Waals surface area contributed by atoms with Crippen molar-refractivity contribution in [3.05, 3.63) is 0 Å². The zero-order valence-corrected chi connectivity index (χ0v) is 7.74. The molecule has 0 spiro atoms.